The van der Waals surface area contributed by atoms with Crippen LogP contribution in [0.5, 0.6) is 0 Å². The Hall–Kier alpha value is -1.82. The van der Waals surface area contributed by atoms with Crippen molar-refractivity contribution in [3.05, 3.63) is 24.8 Å². The topological polar surface area (TPSA) is 270 Å². The molecule has 4 unspecified atom stereocenters. The second-order valence-corrected chi connectivity index (χ2v) is 9.04. The molecule has 0 aromatic heterocycles. The number of ether oxygens (including phenoxy) is 2. The predicted octanol–water partition coefficient (Wildman–Crippen LogP) is -2.46. The molecular formula is C34H76N4Na2O11. The van der Waals surface area contributed by atoms with Gasteiger partial charge in [0.25, 0.3) is 0 Å². The van der Waals surface area contributed by atoms with Crippen molar-refractivity contribution in [1.29, 1.82) is 0 Å². The van der Waals surface area contributed by atoms with Crippen molar-refractivity contribution in [2.75, 3.05) is 26.4 Å². The minimum absolute atomic E-state index is 0. The van der Waals surface area contributed by atoms with Crippen molar-refractivity contribution in [1.82, 2.24) is 10.6 Å². The Bertz CT molecular complexity index is 881. The van der Waals surface area contributed by atoms with Gasteiger partial charge in [-0.05, 0) is 39.7 Å². The van der Waals surface area contributed by atoms with Crippen molar-refractivity contribution >= 4 is 35.6 Å². The maximum absolute atomic E-state index is 11.7. The first-order valence-electron chi connectivity index (χ1n) is 13.1. The zero-order chi connectivity index (χ0) is 32.5. The number of rotatable bonds is 18. The molecule has 4 amide bonds. The van der Waals surface area contributed by atoms with E-state index in [0.29, 0.717) is 26.4 Å². The van der Waals surface area contributed by atoms with Crippen LogP contribution in [0, 0.1) is 17.8 Å². The first kappa shape index (κ1) is 87.2. The molecule has 51 heavy (non-hydrogen) atoms. The van der Waals surface area contributed by atoms with Crippen molar-refractivity contribution in [3.63, 3.8) is 0 Å². The van der Waals surface area contributed by atoms with Gasteiger partial charge in [0, 0.05) is 55.1 Å². The van der Waals surface area contributed by atoms with E-state index in [1.807, 2.05) is 20.8 Å². The summed E-state index contributed by atoms with van der Waals surface area (Å²) in [5, 5.41) is 24.6. The molecule has 0 fully saturated rings. The predicted molar refractivity (Wildman–Crippen MR) is 199 cm³/mol. The van der Waals surface area contributed by atoms with Gasteiger partial charge in [0.1, 0.15) is 0 Å². The molecule has 0 saturated heterocycles. The Morgan fingerprint density at radius 1 is 0.863 bits per heavy atom. The maximum Gasteiger partial charge on any atom is 1.00 e. The minimum atomic E-state index is -1.33. The molecule has 17 heteroatoms. The van der Waals surface area contributed by atoms with E-state index >= 15 is 0 Å². The van der Waals surface area contributed by atoms with Crippen LogP contribution < -0.4 is 86.3 Å². The molecule has 15 nitrogen and oxygen atoms in total. The fraction of sp³-hybridized carbons (Fsp3) is 0.706. The average Bonchev–Trinajstić information content (AvgIpc) is 2.90. The second-order valence-electron chi connectivity index (χ2n) is 9.04. The third kappa shape index (κ3) is 57.8. The van der Waals surface area contributed by atoms with Gasteiger partial charge < -0.3 is 52.1 Å². The molecule has 0 bridgehead atoms. The third-order valence-corrected chi connectivity index (χ3v) is 5.12. The first-order valence-corrected chi connectivity index (χ1v) is 13.1. The molecular weight excluding hydrogens is 686 g/mol. The summed E-state index contributed by atoms with van der Waals surface area (Å²) in [5.74, 6) is -6.70. The van der Waals surface area contributed by atoms with E-state index in [4.69, 9.17) is 20.3 Å². The monoisotopic (exact) mass is 763 g/mol. The van der Waals surface area contributed by atoms with Crippen LogP contribution in [0.4, 0.5) is 0 Å². The smallest absolute Gasteiger partial charge is 0.870 e. The number of nitrogens with two attached hydrogens (primary N) is 2. The van der Waals surface area contributed by atoms with Crippen LogP contribution >= 0.6 is 0 Å². The summed E-state index contributed by atoms with van der Waals surface area (Å²) >= 11 is 0. The molecule has 0 spiro atoms. The Balaban J connectivity index is -0.0000000386. The summed E-state index contributed by atoms with van der Waals surface area (Å²) in [5.41, 5.74) is 9.62. The first-order chi connectivity index (χ1) is 19.0. The van der Waals surface area contributed by atoms with E-state index in [1.54, 1.807) is 6.92 Å². The van der Waals surface area contributed by atoms with Crippen LogP contribution in [0.3, 0.4) is 0 Å². The van der Waals surface area contributed by atoms with Gasteiger partial charge in [-0.3, -0.25) is 19.2 Å². The molecule has 0 aromatic rings. The average molecular weight is 763 g/mol. The number of carbonyl (C=O) groups is 6. The molecule has 0 aromatic carbocycles. The molecule has 0 aliphatic rings. The zero-order valence-corrected chi connectivity index (χ0v) is 31.3. The Labute approximate surface area is 355 Å². The SMILES string of the molecule is C.C.C.C.C.C.C.C=CC(N)=O.CCCNC(=O)C(C)[C@@H](CC(C)C(N)=O)C(=O)[O-].CCOCC(C)OCC(C)NC(=O)/C=C\C(=O)O.[Na+].[Na+].[OH-]. The summed E-state index contributed by atoms with van der Waals surface area (Å²) in [6.45, 7) is 15.6. The van der Waals surface area contributed by atoms with E-state index < -0.39 is 47.4 Å². The van der Waals surface area contributed by atoms with Gasteiger partial charge in [-0.25, -0.2) is 4.79 Å². The molecule has 0 radical (unpaired) electrons. The summed E-state index contributed by atoms with van der Waals surface area (Å²) in [4.78, 5) is 64.5. The number of hydrogen-bond acceptors (Lipinski definition) is 10. The standard InChI is InChI=1S/C12H22N2O4.C12H21NO5.C3H5NO.7CH4.2Na.H2O/c1-4-5-14-11(16)8(3)9(12(17)18)6-7(2)10(13)15;1-4-17-8-10(3)18-7-9(2)13-11(14)5-6-12(15)16;1-2-3(4)5;;;;;;;;;;/h7-9H,4-6H2,1-3H3,(H2,13,15)(H,14,16)(H,17,18);5-6,9-10H,4,7-8H2,1-3H3,(H,13,14)(H,15,16);2H,1H2,(H2,4,5);7*1H4;;;1H2/q;;;;;;;;;;2*+1;/p-2/b;6-5-;;;;;;;;;;;/t7?,8?,9-;;;;;;;;;;;;/m1............/s1. The maximum atomic E-state index is 11.7. The Morgan fingerprint density at radius 2 is 1.31 bits per heavy atom. The third-order valence-electron chi connectivity index (χ3n) is 5.12. The Kier molecular flexibility index (Phi) is 94.0. The quantitative estimate of drug-likeness (QED) is 0.0722. The fourth-order valence-electron chi connectivity index (χ4n) is 2.71. The number of carboxylic acids is 2. The number of aliphatic carboxylic acids is 2. The number of primary amides is 2. The number of nitrogens with one attached hydrogen (secondary N) is 2. The number of amides is 4. The summed E-state index contributed by atoms with van der Waals surface area (Å²) < 4.78 is 10.6. The zero-order valence-electron chi connectivity index (χ0n) is 27.3. The normalized spacial score (nSPS) is 11.2. The van der Waals surface area contributed by atoms with E-state index in [0.717, 1.165) is 24.6 Å². The van der Waals surface area contributed by atoms with Crippen molar-refractivity contribution < 1.29 is 113 Å². The van der Waals surface area contributed by atoms with Crippen molar-refractivity contribution in [3.8, 4) is 0 Å². The van der Waals surface area contributed by atoms with Crippen molar-refractivity contribution in [2.45, 2.75) is 119 Å². The summed E-state index contributed by atoms with van der Waals surface area (Å²) in [7, 11) is 0. The van der Waals surface area contributed by atoms with E-state index in [2.05, 4.69) is 22.9 Å². The van der Waals surface area contributed by atoms with Gasteiger partial charge in [0.05, 0.1) is 19.3 Å². The minimum Gasteiger partial charge on any atom is -0.870 e. The molecule has 0 aliphatic carbocycles. The molecule has 5 atom stereocenters. The Morgan fingerprint density at radius 3 is 1.65 bits per heavy atom. The molecule has 0 rings (SSSR count). The van der Waals surface area contributed by atoms with Gasteiger partial charge in [0.15, 0.2) is 0 Å². The number of carboxylic acid groups (broad SMARTS) is 2. The molecule has 300 valence electrons. The van der Waals surface area contributed by atoms with Crippen LogP contribution in [0.1, 0.15) is 106 Å². The molecule has 0 aliphatic heterocycles. The molecule has 0 heterocycles. The van der Waals surface area contributed by atoms with Gasteiger partial charge in [-0.1, -0.05) is 79.3 Å². The largest absolute Gasteiger partial charge is 1.00 e. The van der Waals surface area contributed by atoms with Crippen LogP contribution in [0.15, 0.2) is 24.8 Å². The second kappa shape index (κ2) is 54.9. The summed E-state index contributed by atoms with van der Waals surface area (Å²) in [6, 6.07) is -0.194. The van der Waals surface area contributed by atoms with Gasteiger partial charge >= 0.3 is 65.1 Å². The summed E-state index contributed by atoms with van der Waals surface area (Å²) in [6.07, 6.45) is 3.56. The van der Waals surface area contributed by atoms with Crippen LogP contribution in [0.2, 0.25) is 0 Å². The van der Waals surface area contributed by atoms with E-state index in [1.165, 1.54) is 13.8 Å². The van der Waals surface area contributed by atoms with Gasteiger partial charge in [-0.2, -0.15) is 0 Å². The van der Waals surface area contributed by atoms with Crippen molar-refractivity contribution in [2.24, 2.45) is 29.2 Å². The fourth-order valence-corrected chi connectivity index (χ4v) is 2.71. The number of hydrogen-bond donors (Lipinski definition) is 5. The van der Waals surface area contributed by atoms with Crippen LogP contribution in [-0.4, -0.2) is 84.7 Å². The molecule has 0 saturated carbocycles. The van der Waals surface area contributed by atoms with Gasteiger partial charge in [0.2, 0.25) is 23.6 Å². The van der Waals surface area contributed by atoms with E-state index in [-0.39, 0.29) is 141 Å². The van der Waals surface area contributed by atoms with Gasteiger partial charge in [-0.15, -0.1) is 0 Å². The molecule has 8 N–H and O–H groups in total. The van der Waals surface area contributed by atoms with Crippen LogP contribution in [-0.2, 0) is 38.2 Å². The number of carbonyl (C=O) groups excluding carboxylic acids is 5. The van der Waals surface area contributed by atoms with E-state index in [9.17, 15) is 33.9 Å². The van der Waals surface area contributed by atoms with Crippen LogP contribution in [0.25, 0.3) is 0 Å².